The zero-order chi connectivity index (χ0) is 28.1. The predicted molar refractivity (Wildman–Crippen MR) is 157 cm³/mol. The van der Waals surface area contributed by atoms with Gasteiger partial charge in [-0.3, -0.25) is 0 Å². The zero-order valence-electron chi connectivity index (χ0n) is 22.8. The third kappa shape index (κ3) is 8.71. The molecule has 0 bridgehead atoms. The van der Waals surface area contributed by atoms with Gasteiger partial charge in [0, 0.05) is 0 Å². The minimum atomic E-state index is -0.900. The molecule has 1 aliphatic heterocycles. The summed E-state index contributed by atoms with van der Waals surface area (Å²) >= 11 is 6.01. The lowest BCUT2D eigenvalue weighted by molar-refractivity contribution is -0.309. The highest BCUT2D eigenvalue weighted by Crippen LogP contribution is 2.32. The van der Waals surface area contributed by atoms with Gasteiger partial charge < -0.3 is 23.7 Å². The van der Waals surface area contributed by atoms with E-state index in [2.05, 4.69) is 0 Å². The summed E-state index contributed by atoms with van der Waals surface area (Å²) in [5.74, 6) is 0. The van der Waals surface area contributed by atoms with Crippen LogP contribution in [0.1, 0.15) is 22.3 Å². The maximum atomic E-state index is 6.57. The Bertz CT molecular complexity index is 1260. The lowest BCUT2D eigenvalue weighted by atomic mass is 9.98. The molecule has 0 radical (unpaired) electrons. The first-order valence-corrected chi connectivity index (χ1v) is 14.1. The molecule has 0 amide bonds. The van der Waals surface area contributed by atoms with Crippen LogP contribution in [0, 0.1) is 0 Å². The van der Waals surface area contributed by atoms with E-state index in [-0.39, 0.29) is 6.61 Å². The molecule has 1 fully saturated rings. The van der Waals surface area contributed by atoms with Gasteiger partial charge in [0.1, 0.15) is 24.4 Å². The number of benzene rings is 4. The quantitative estimate of drug-likeness (QED) is 0.164. The van der Waals surface area contributed by atoms with Crippen LogP contribution < -0.4 is 0 Å². The summed E-state index contributed by atoms with van der Waals surface area (Å²) in [5, 5.41) is 0. The average molecular weight is 575 g/mol. The summed E-state index contributed by atoms with van der Waals surface area (Å²) in [7, 11) is 0. The second-order valence-corrected chi connectivity index (χ2v) is 10.1. The molecule has 7 heteroatoms. The Morgan fingerprint density at radius 2 is 0.878 bits per heavy atom. The third-order valence-corrected chi connectivity index (χ3v) is 7.10. The molecule has 41 heavy (non-hydrogen) atoms. The van der Waals surface area contributed by atoms with Crippen molar-refractivity contribution in [3.63, 3.8) is 0 Å². The fraction of sp³-hybridized carbons (Fsp3) is 0.294. The normalized spacial score (nSPS) is 22.4. The lowest BCUT2D eigenvalue weighted by Gasteiger charge is -2.45. The van der Waals surface area contributed by atoms with E-state index in [4.69, 9.17) is 39.8 Å². The van der Waals surface area contributed by atoms with Gasteiger partial charge in [0.25, 0.3) is 0 Å². The largest absolute Gasteiger partial charge is 0.374 e. The van der Waals surface area contributed by atoms with E-state index in [1.54, 1.807) is 0 Å². The lowest BCUT2D eigenvalue weighted by Crippen LogP contribution is -2.61. The predicted octanol–water partition coefficient (Wildman–Crippen LogP) is 6.85. The van der Waals surface area contributed by atoms with Crippen LogP contribution in [0.3, 0.4) is 0 Å². The van der Waals surface area contributed by atoms with E-state index in [1.165, 1.54) is 0 Å². The van der Waals surface area contributed by atoms with Crippen LogP contribution in [0.15, 0.2) is 121 Å². The summed E-state index contributed by atoms with van der Waals surface area (Å²) < 4.78 is 37.3. The van der Waals surface area contributed by atoms with Crippen LogP contribution in [-0.2, 0) is 54.4 Å². The highest BCUT2D eigenvalue weighted by atomic mass is 35.5. The summed E-state index contributed by atoms with van der Waals surface area (Å²) in [6, 6.07) is 39.9. The third-order valence-electron chi connectivity index (χ3n) is 6.93. The molecule has 1 saturated heterocycles. The summed E-state index contributed by atoms with van der Waals surface area (Å²) in [6.45, 7) is 1.74. The monoisotopic (exact) mass is 574 g/mol. The Morgan fingerprint density at radius 1 is 0.488 bits per heavy atom. The topological polar surface area (TPSA) is 55.4 Å². The van der Waals surface area contributed by atoms with Gasteiger partial charge in [-0.15, -0.1) is 0 Å². The first kappa shape index (κ1) is 29.4. The zero-order valence-corrected chi connectivity index (χ0v) is 23.6. The first-order chi connectivity index (χ1) is 20.3. The van der Waals surface area contributed by atoms with Crippen LogP contribution in [-0.4, -0.2) is 37.3 Å². The van der Waals surface area contributed by atoms with Gasteiger partial charge in [-0.1, -0.05) is 121 Å². The molecular formula is C34H35ClO6. The van der Waals surface area contributed by atoms with Gasteiger partial charge in [-0.2, -0.15) is 0 Å². The van der Waals surface area contributed by atoms with Crippen molar-refractivity contribution in [1.29, 1.82) is 0 Å². The molecule has 0 saturated carbocycles. The second kappa shape index (κ2) is 15.8. The highest BCUT2D eigenvalue weighted by Gasteiger charge is 2.49. The van der Waals surface area contributed by atoms with E-state index < -0.39 is 30.7 Å². The van der Waals surface area contributed by atoms with E-state index in [1.807, 2.05) is 121 Å². The van der Waals surface area contributed by atoms with Crippen molar-refractivity contribution >= 4 is 11.9 Å². The van der Waals surface area contributed by atoms with E-state index in [9.17, 15) is 0 Å². The van der Waals surface area contributed by atoms with Gasteiger partial charge in [-0.25, -0.2) is 4.29 Å². The molecule has 5 rings (SSSR count). The molecule has 0 N–H and O–H groups in total. The molecular weight excluding hydrogens is 540 g/mol. The van der Waals surface area contributed by atoms with Crippen molar-refractivity contribution in [2.75, 3.05) is 6.61 Å². The highest BCUT2D eigenvalue weighted by molar-refractivity contribution is 6.07. The van der Waals surface area contributed by atoms with Crippen molar-refractivity contribution < 1.29 is 28.0 Å². The Labute approximate surface area is 246 Å². The maximum Gasteiger partial charge on any atom is 0.206 e. The molecule has 0 spiro atoms. The molecule has 0 unspecified atom stereocenters. The first-order valence-electron chi connectivity index (χ1n) is 13.8. The van der Waals surface area contributed by atoms with Crippen LogP contribution in [0.4, 0.5) is 0 Å². The Hall–Kier alpha value is -3.07. The summed E-state index contributed by atoms with van der Waals surface area (Å²) in [4.78, 5) is 0. The SMILES string of the molecule is ClO[C@H]1O[C@H](COCc2ccccc2)[C@H](OCc2ccccc2)[C@H](OCc2ccccc2)[C@H]1OCc1ccccc1. The summed E-state index contributed by atoms with van der Waals surface area (Å²) in [5.41, 5.74) is 4.15. The van der Waals surface area contributed by atoms with Crippen molar-refractivity contribution in [2.24, 2.45) is 0 Å². The number of ether oxygens (including phenoxy) is 5. The minimum absolute atomic E-state index is 0.252. The minimum Gasteiger partial charge on any atom is -0.374 e. The number of hydrogen-bond acceptors (Lipinski definition) is 6. The maximum absolute atomic E-state index is 6.57. The Morgan fingerprint density at radius 3 is 1.32 bits per heavy atom. The molecule has 214 valence electrons. The number of hydrogen-bond donors (Lipinski definition) is 0. The molecule has 1 aliphatic rings. The molecule has 6 nitrogen and oxygen atoms in total. The van der Waals surface area contributed by atoms with Crippen LogP contribution >= 0.6 is 11.9 Å². The van der Waals surface area contributed by atoms with E-state index in [0.29, 0.717) is 26.4 Å². The molecule has 4 aromatic rings. The van der Waals surface area contributed by atoms with E-state index in [0.717, 1.165) is 22.3 Å². The van der Waals surface area contributed by atoms with Gasteiger partial charge in [0.05, 0.1) is 44.9 Å². The fourth-order valence-corrected chi connectivity index (χ4v) is 4.96. The van der Waals surface area contributed by atoms with Gasteiger partial charge >= 0.3 is 0 Å². The molecule has 1 heterocycles. The van der Waals surface area contributed by atoms with Gasteiger partial charge in [-0.05, 0) is 22.3 Å². The fourth-order valence-electron chi connectivity index (χ4n) is 4.82. The van der Waals surface area contributed by atoms with Crippen LogP contribution in [0.5, 0.6) is 0 Å². The number of rotatable bonds is 14. The van der Waals surface area contributed by atoms with Crippen molar-refractivity contribution in [1.82, 2.24) is 0 Å². The smallest absolute Gasteiger partial charge is 0.206 e. The average Bonchev–Trinajstić information content (AvgIpc) is 3.04. The second-order valence-electron chi connectivity index (χ2n) is 9.92. The summed E-state index contributed by atoms with van der Waals surface area (Å²) in [6.07, 6.45) is -3.18. The van der Waals surface area contributed by atoms with Crippen molar-refractivity contribution in [3.05, 3.63) is 144 Å². The Kier molecular flexibility index (Phi) is 11.3. The van der Waals surface area contributed by atoms with Crippen LogP contribution in [0.25, 0.3) is 0 Å². The van der Waals surface area contributed by atoms with Crippen LogP contribution in [0.2, 0.25) is 0 Å². The Balaban J connectivity index is 1.38. The van der Waals surface area contributed by atoms with E-state index >= 15 is 0 Å². The van der Waals surface area contributed by atoms with Gasteiger partial charge in [0.15, 0.2) is 0 Å². The molecule has 4 aromatic carbocycles. The standard InChI is InChI=1S/C34H35ClO6/c35-41-34-33(39-24-29-19-11-4-12-20-29)32(38-23-28-17-9-3-10-18-28)31(37-22-27-15-7-2-8-16-27)30(40-34)25-36-21-26-13-5-1-6-14-26/h1-20,30-34H,21-25H2/t30-,31+,32+,33-,34-/m1/s1. The molecule has 0 aromatic heterocycles. The van der Waals surface area contributed by atoms with Crippen molar-refractivity contribution in [2.45, 2.75) is 57.1 Å². The number of halogens is 1. The molecule has 0 aliphatic carbocycles. The molecule has 5 atom stereocenters. The van der Waals surface area contributed by atoms with Gasteiger partial charge in [0.2, 0.25) is 6.29 Å². The van der Waals surface area contributed by atoms with Crippen molar-refractivity contribution in [3.8, 4) is 0 Å².